The highest BCUT2D eigenvalue weighted by molar-refractivity contribution is 7.81. The monoisotopic (exact) mass is 259 g/mol. The van der Waals surface area contributed by atoms with Crippen molar-refractivity contribution in [1.82, 2.24) is 5.32 Å². The fraction of sp³-hybridized carbons (Fsp3) is 0.923. The van der Waals surface area contributed by atoms with E-state index in [1.807, 2.05) is 0 Å². The van der Waals surface area contributed by atoms with Gasteiger partial charge in [-0.05, 0) is 26.7 Å². The van der Waals surface area contributed by atoms with Crippen LogP contribution in [0, 0.1) is 11.3 Å². The van der Waals surface area contributed by atoms with Crippen LogP contribution in [0.5, 0.6) is 0 Å². The summed E-state index contributed by atoms with van der Waals surface area (Å²) >= 11 is 4.56. The predicted molar refractivity (Wildman–Crippen MR) is 73.4 cm³/mol. The van der Waals surface area contributed by atoms with Crippen LogP contribution in [0.2, 0.25) is 0 Å². The highest BCUT2D eigenvalue weighted by atomic mass is 32.1. The summed E-state index contributed by atoms with van der Waals surface area (Å²) < 4.78 is 5.46. The van der Waals surface area contributed by atoms with E-state index in [0.29, 0.717) is 17.7 Å². The second-order valence-electron chi connectivity index (χ2n) is 6.33. The number of hydrogen-bond acceptors (Lipinski definition) is 4. The van der Waals surface area contributed by atoms with Gasteiger partial charge in [-0.3, -0.25) is 4.79 Å². The molecule has 1 N–H and O–H groups in total. The van der Waals surface area contributed by atoms with Crippen molar-refractivity contribution in [2.75, 3.05) is 6.54 Å². The van der Waals surface area contributed by atoms with Crippen LogP contribution in [0.1, 0.15) is 41.5 Å². The Labute approximate surface area is 110 Å². The normalized spacial score (nSPS) is 34.3. The maximum absolute atomic E-state index is 11.2. The van der Waals surface area contributed by atoms with E-state index in [4.69, 9.17) is 4.74 Å². The van der Waals surface area contributed by atoms with Crippen LogP contribution >= 0.6 is 12.6 Å². The Kier molecular flexibility index (Phi) is 4.20. The van der Waals surface area contributed by atoms with Gasteiger partial charge in [0.05, 0.1) is 0 Å². The average molecular weight is 259 g/mol. The number of nitrogens with one attached hydrogen (secondary N) is 1. The standard InChI is InChI=1S/C13H25NO2S/c1-8-11(17)13(8,6)10(16-9(2)15)7-14-12(3,4)5/h8,10-11,14,17H,7H2,1-6H3. The number of carbonyl (C=O) groups is 1. The van der Waals surface area contributed by atoms with Crippen molar-refractivity contribution >= 4 is 18.6 Å². The number of thiol groups is 1. The third kappa shape index (κ3) is 3.38. The molecular formula is C13H25NO2S. The van der Waals surface area contributed by atoms with Gasteiger partial charge >= 0.3 is 5.97 Å². The van der Waals surface area contributed by atoms with Crippen molar-refractivity contribution in [3.05, 3.63) is 0 Å². The van der Waals surface area contributed by atoms with Crippen molar-refractivity contribution in [3.8, 4) is 0 Å². The van der Waals surface area contributed by atoms with E-state index in [1.54, 1.807) is 0 Å². The molecule has 4 unspecified atom stereocenters. The SMILES string of the molecule is CC(=O)OC(CNC(C)(C)C)C1(C)C(C)C1S. The molecular weight excluding hydrogens is 234 g/mol. The lowest BCUT2D eigenvalue weighted by Crippen LogP contribution is -2.45. The zero-order valence-electron chi connectivity index (χ0n) is 11.7. The van der Waals surface area contributed by atoms with Crippen molar-refractivity contribution in [2.45, 2.75) is 58.4 Å². The van der Waals surface area contributed by atoms with Crippen LogP contribution in [0.3, 0.4) is 0 Å². The second-order valence-corrected chi connectivity index (χ2v) is 6.88. The maximum atomic E-state index is 11.2. The lowest BCUT2D eigenvalue weighted by atomic mass is 9.97. The molecule has 1 saturated carbocycles. The molecule has 1 rings (SSSR count). The minimum Gasteiger partial charge on any atom is -0.461 e. The molecule has 0 bridgehead atoms. The lowest BCUT2D eigenvalue weighted by molar-refractivity contribution is -0.149. The predicted octanol–water partition coefficient (Wildman–Crippen LogP) is 2.26. The second kappa shape index (κ2) is 4.81. The van der Waals surface area contributed by atoms with Crippen LogP contribution in [-0.2, 0) is 9.53 Å². The summed E-state index contributed by atoms with van der Waals surface area (Å²) in [4.78, 5) is 11.2. The lowest BCUT2D eigenvalue weighted by Gasteiger charge is -2.29. The van der Waals surface area contributed by atoms with Crippen LogP contribution in [0.4, 0.5) is 0 Å². The molecule has 0 spiro atoms. The number of ether oxygens (including phenoxy) is 1. The number of carbonyl (C=O) groups excluding carboxylic acids is 1. The summed E-state index contributed by atoms with van der Waals surface area (Å²) in [6, 6.07) is 0. The summed E-state index contributed by atoms with van der Waals surface area (Å²) in [7, 11) is 0. The third-order valence-corrected chi connectivity index (χ3v) is 4.81. The van der Waals surface area contributed by atoms with E-state index in [-0.39, 0.29) is 23.0 Å². The Hall–Kier alpha value is -0.220. The van der Waals surface area contributed by atoms with Gasteiger partial charge in [0.2, 0.25) is 0 Å². The summed E-state index contributed by atoms with van der Waals surface area (Å²) in [5.74, 6) is 0.267. The van der Waals surface area contributed by atoms with Crippen molar-refractivity contribution in [3.63, 3.8) is 0 Å². The van der Waals surface area contributed by atoms with Gasteiger partial charge < -0.3 is 10.1 Å². The molecule has 4 atom stereocenters. The van der Waals surface area contributed by atoms with E-state index in [0.717, 1.165) is 0 Å². The largest absolute Gasteiger partial charge is 0.461 e. The molecule has 0 saturated heterocycles. The van der Waals surface area contributed by atoms with Crippen molar-refractivity contribution in [1.29, 1.82) is 0 Å². The molecule has 100 valence electrons. The maximum Gasteiger partial charge on any atom is 0.302 e. The van der Waals surface area contributed by atoms with Gasteiger partial charge in [-0.25, -0.2) is 0 Å². The van der Waals surface area contributed by atoms with Crippen LogP contribution in [0.25, 0.3) is 0 Å². The highest BCUT2D eigenvalue weighted by Gasteiger charge is 2.62. The van der Waals surface area contributed by atoms with E-state index in [2.05, 4.69) is 52.6 Å². The van der Waals surface area contributed by atoms with Gasteiger partial charge in [-0.2, -0.15) is 12.6 Å². The fourth-order valence-corrected chi connectivity index (χ4v) is 2.83. The van der Waals surface area contributed by atoms with E-state index in [1.165, 1.54) is 6.92 Å². The van der Waals surface area contributed by atoms with Crippen LogP contribution in [0.15, 0.2) is 0 Å². The summed E-state index contributed by atoms with van der Waals surface area (Å²) in [5.41, 5.74) is 0.0199. The van der Waals surface area contributed by atoms with Gasteiger partial charge in [0.25, 0.3) is 0 Å². The Morgan fingerprint density at radius 3 is 2.29 bits per heavy atom. The first-order valence-electron chi connectivity index (χ1n) is 6.19. The van der Waals surface area contributed by atoms with Crippen molar-refractivity contribution < 1.29 is 9.53 Å². The minimum atomic E-state index is -0.216. The smallest absolute Gasteiger partial charge is 0.302 e. The van der Waals surface area contributed by atoms with Crippen LogP contribution < -0.4 is 5.32 Å². The number of hydrogen-bond donors (Lipinski definition) is 2. The topological polar surface area (TPSA) is 38.3 Å². The first kappa shape index (κ1) is 14.8. The Balaban J connectivity index is 2.66. The van der Waals surface area contributed by atoms with Gasteiger partial charge in [-0.1, -0.05) is 13.8 Å². The molecule has 1 aliphatic carbocycles. The van der Waals surface area contributed by atoms with Crippen molar-refractivity contribution in [2.24, 2.45) is 11.3 Å². The minimum absolute atomic E-state index is 0.00691. The molecule has 0 aliphatic heterocycles. The fourth-order valence-electron chi connectivity index (χ4n) is 2.20. The first-order chi connectivity index (χ1) is 7.59. The van der Waals surface area contributed by atoms with Gasteiger partial charge in [0.15, 0.2) is 0 Å². The molecule has 4 heteroatoms. The Morgan fingerprint density at radius 1 is 1.53 bits per heavy atom. The summed E-state index contributed by atoms with van der Waals surface area (Å²) in [6.07, 6.45) is -0.100. The van der Waals surface area contributed by atoms with Gasteiger partial charge in [-0.15, -0.1) is 0 Å². The molecule has 0 amide bonds. The highest BCUT2D eigenvalue weighted by Crippen LogP contribution is 2.58. The molecule has 17 heavy (non-hydrogen) atoms. The molecule has 0 aromatic rings. The number of esters is 1. The molecule has 1 aliphatic rings. The average Bonchev–Trinajstić information content (AvgIpc) is 2.63. The van der Waals surface area contributed by atoms with E-state index in [9.17, 15) is 4.79 Å². The number of rotatable bonds is 4. The molecule has 0 aromatic carbocycles. The van der Waals surface area contributed by atoms with Crippen LogP contribution in [-0.4, -0.2) is 29.4 Å². The molecule has 0 heterocycles. The molecule has 1 fully saturated rings. The van der Waals surface area contributed by atoms with E-state index >= 15 is 0 Å². The summed E-state index contributed by atoms with van der Waals surface area (Å²) in [6.45, 7) is 12.8. The third-order valence-electron chi connectivity index (χ3n) is 3.80. The molecule has 0 aromatic heterocycles. The summed E-state index contributed by atoms with van der Waals surface area (Å²) in [5, 5.41) is 3.72. The Bertz CT molecular complexity index is 290. The van der Waals surface area contributed by atoms with E-state index < -0.39 is 0 Å². The quantitative estimate of drug-likeness (QED) is 0.601. The molecule has 0 radical (unpaired) electrons. The molecule has 3 nitrogen and oxygen atoms in total. The Morgan fingerprint density at radius 2 is 2.00 bits per heavy atom. The zero-order valence-corrected chi connectivity index (χ0v) is 12.6. The zero-order chi connectivity index (χ0) is 13.4. The first-order valence-corrected chi connectivity index (χ1v) is 6.71. The van der Waals surface area contributed by atoms with Gasteiger partial charge in [0.1, 0.15) is 6.10 Å². The van der Waals surface area contributed by atoms with Gasteiger partial charge in [0, 0.05) is 29.7 Å².